The Morgan fingerprint density at radius 1 is 1.83 bits per heavy atom. The lowest BCUT2D eigenvalue weighted by molar-refractivity contribution is 0.263. The molecule has 0 fully saturated rings. The van der Waals surface area contributed by atoms with Gasteiger partial charge < -0.3 is 15.4 Å². The highest BCUT2D eigenvalue weighted by Crippen LogP contribution is 2.19. The van der Waals surface area contributed by atoms with Crippen LogP contribution in [0, 0.1) is 0 Å². The molecule has 0 aromatic carbocycles. The van der Waals surface area contributed by atoms with E-state index in [1.807, 2.05) is 11.5 Å². The Hall–Kier alpha value is -0.580. The van der Waals surface area contributed by atoms with Gasteiger partial charge in [-0.05, 0) is 6.92 Å². The summed E-state index contributed by atoms with van der Waals surface area (Å²) in [4.78, 5) is 3.89. The molecule has 1 rings (SSSR count). The fourth-order valence-electron chi connectivity index (χ4n) is 1.07. The number of aliphatic hydroxyl groups is 1. The number of nitrogens with two attached hydrogens (primary N) is 1. The molecule has 1 aromatic heterocycles. The lowest BCUT2D eigenvalue weighted by atomic mass is 10.2. The quantitative estimate of drug-likeness (QED) is 0.730. The standard InChI is InChI=1S/C7H12ClN3O/c1-2-11-4-10-7(8)6(11)5(9)3-12/h4-5,12H,2-3,9H2,1H3. The molecule has 0 saturated carbocycles. The highest BCUT2D eigenvalue weighted by atomic mass is 35.5. The number of hydrogen-bond donors (Lipinski definition) is 2. The minimum absolute atomic E-state index is 0.120. The zero-order valence-electron chi connectivity index (χ0n) is 6.87. The molecular weight excluding hydrogens is 178 g/mol. The first-order valence-electron chi connectivity index (χ1n) is 3.77. The monoisotopic (exact) mass is 189 g/mol. The molecule has 5 heteroatoms. The normalized spacial score (nSPS) is 13.3. The van der Waals surface area contributed by atoms with E-state index in [-0.39, 0.29) is 6.61 Å². The molecule has 0 aliphatic heterocycles. The van der Waals surface area contributed by atoms with Gasteiger partial charge in [-0.2, -0.15) is 0 Å². The van der Waals surface area contributed by atoms with Gasteiger partial charge in [-0.3, -0.25) is 0 Å². The van der Waals surface area contributed by atoms with Crippen molar-refractivity contribution in [3.8, 4) is 0 Å². The van der Waals surface area contributed by atoms with Gasteiger partial charge in [0, 0.05) is 6.54 Å². The van der Waals surface area contributed by atoms with Gasteiger partial charge >= 0.3 is 0 Å². The summed E-state index contributed by atoms with van der Waals surface area (Å²) < 4.78 is 1.82. The summed E-state index contributed by atoms with van der Waals surface area (Å²) in [5, 5.41) is 9.20. The summed E-state index contributed by atoms with van der Waals surface area (Å²) in [6.07, 6.45) is 1.62. The smallest absolute Gasteiger partial charge is 0.151 e. The molecule has 0 aliphatic carbocycles. The van der Waals surface area contributed by atoms with E-state index in [9.17, 15) is 0 Å². The molecule has 0 radical (unpaired) electrons. The third-order valence-corrected chi connectivity index (χ3v) is 2.01. The second-order valence-electron chi connectivity index (χ2n) is 2.50. The third kappa shape index (κ3) is 1.60. The van der Waals surface area contributed by atoms with Crippen molar-refractivity contribution in [2.45, 2.75) is 19.5 Å². The highest BCUT2D eigenvalue weighted by molar-refractivity contribution is 6.30. The van der Waals surface area contributed by atoms with Crippen LogP contribution in [0.3, 0.4) is 0 Å². The van der Waals surface area contributed by atoms with E-state index in [0.717, 1.165) is 6.54 Å². The zero-order valence-corrected chi connectivity index (χ0v) is 7.62. The molecule has 0 saturated heterocycles. The average Bonchev–Trinajstić information content (AvgIpc) is 2.45. The van der Waals surface area contributed by atoms with Gasteiger partial charge in [-0.15, -0.1) is 0 Å². The molecule has 0 bridgehead atoms. The van der Waals surface area contributed by atoms with Crippen molar-refractivity contribution in [3.05, 3.63) is 17.2 Å². The van der Waals surface area contributed by atoms with E-state index in [4.69, 9.17) is 22.4 Å². The Morgan fingerprint density at radius 3 is 3.00 bits per heavy atom. The molecule has 3 N–H and O–H groups in total. The predicted molar refractivity (Wildman–Crippen MR) is 46.9 cm³/mol. The fourth-order valence-corrected chi connectivity index (χ4v) is 1.36. The number of hydrogen-bond acceptors (Lipinski definition) is 3. The summed E-state index contributed by atoms with van der Waals surface area (Å²) in [6.45, 7) is 2.60. The van der Waals surface area contributed by atoms with Crippen LogP contribution >= 0.6 is 11.6 Å². The van der Waals surface area contributed by atoms with E-state index in [1.165, 1.54) is 0 Å². The zero-order chi connectivity index (χ0) is 9.14. The number of rotatable bonds is 3. The van der Waals surface area contributed by atoms with Crippen molar-refractivity contribution in [1.29, 1.82) is 0 Å². The van der Waals surface area contributed by atoms with Gasteiger partial charge in [0.1, 0.15) is 0 Å². The van der Waals surface area contributed by atoms with E-state index in [1.54, 1.807) is 6.33 Å². The number of imidazole rings is 1. The second kappa shape index (κ2) is 3.89. The Bertz CT molecular complexity index is 261. The summed E-state index contributed by atoms with van der Waals surface area (Å²) in [6, 6.07) is -0.444. The van der Waals surface area contributed by atoms with Crippen LogP contribution in [-0.2, 0) is 6.54 Å². The van der Waals surface area contributed by atoms with Crippen LogP contribution in [0.1, 0.15) is 18.7 Å². The molecule has 1 unspecified atom stereocenters. The van der Waals surface area contributed by atoms with Crippen molar-refractivity contribution in [2.75, 3.05) is 6.61 Å². The van der Waals surface area contributed by atoms with Gasteiger partial charge in [-0.25, -0.2) is 4.98 Å². The number of aryl methyl sites for hydroxylation is 1. The summed E-state index contributed by atoms with van der Waals surface area (Å²) >= 11 is 5.77. The molecule has 1 heterocycles. The fraction of sp³-hybridized carbons (Fsp3) is 0.571. The number of aliphatic hydroxyl groups excluding tert-OH is 1. The van der Waals surface area contributed by atoms with Gasteiger partial charge in [0.15, 0.2) is 5.15 Å². The lowest BCUT2D eigenvalue weighted by Crippen LogP contribution is -2.18. The highest BCUT2D eigenvalue weighted by Gasteiger charge is 2.14. The Morgan fingerprint density at radius 2 is 2.50 bits per heavy atom. The van der Waals surface area contributed by atoms with Crippen LogP contribution in [-0.4, -0.2) is 21.3 Å². The van der Waals surface area contributed by atoms with Crippen molar-refractivity contribution in [2.24, 2.45) is 5.73 Å². The van der Waals surface area contributed by atoms with E-state index < -0.39 is 6.04 Å². The van der Waals surface area contributed by atoms with E-state index in [0.29, 0.717) is 10.8 Å². The number of halogens is 1. The van der Waals surface area contributed by atoms with Gasteiger partial charge in [-0.1, -0.05) is 11.6 Å². The maximum Gasteiger partial charge on any atom is 0.151 e. The SMILES string of the molecule is CCn1cnc(Cl)c1C(N)CO. The molecule has 0 aliphatic rings. The van der Waals surface area contributed by atoms with Crippen LogP contribution in [0.4, 0.5) is 0 Å². The molecule has 1 atom stereocenters. The molecular formula is C7H12ClN3O. The number of aromatic nitrogens is 2. The van der Waals surface area contributed by atoms with Crippen LogP contribution < -0.4 is 5.73 Å². The van der Waals surface area contributed by atoms with E-state index >= 15 is 0 Å². The minimum Gasteiger partial charge on any atom is -0.394 e. The topological polar surface area (TPSA) is 64.1 Å². The van der Waals surface area contributed by atoms with Crippen LogP contribution in [0.15, 0.2) is 6.33 Å². The van der Waals surface area contributed by atoms with Crippen LogP contribution in [0.5, 0.6) is 0 Å². The Kier molecular flexibility index (Phi) is 3.08. The van der Waals surface area contributed by atoms with Gasteiger partial charge in [0.05, 0.1) is 24.7 Å². The third-order valence-electron chi connectivity index (χ3n) is 1.72. The molecule has 0 spiro atoms. The van der Waals surface area contributed by atoms with Crippen LogP contribution in [0.25, 0.3) is 0 Å². The molecule has 12 heavy (non-hydrogen) atoms. The molecule has 0 amide bonds. The first-order valence-corrected chi connectivity index (χ1v) is 4.15. The van der Waals surface area contributed by atoms with Crippen molar-refractivity contribution in [3.63, 3.8) is 0 Å². The molecule has 68 valence electrons. The first-order chi connectivity index (χ1) is 5.70. The Labute approximate surface area is 76.0 Å². The first kappa shape index (κ1) is 9.51. The second-order valence-corrected chi connectivity index (χ2v) is 2.85. The van der Waals surface area contributed by atoms with Crippen LogP contribution in [0.2, 0.25) is 5.15 Å². The average molecular weight is 190 g/mol. The Balaban J connectivity index is 3.01. The van der Waals surface area contributed by atoms with Crippen molar-refractivity contribution < 1.29 is 5.11 Å². The lowest BCUT2D eigenvalue weighted by Gasteiger charge is -2.10. The van der Waals surface area contributed by atoms with Gasteiger partial charge in [0.25, 0.3) is 0 Å². The molecule has 1 aromatic rings. The summed E-state index contributed by atoms with van der Waals surface area (Å²) in [5.41, 5.74) is 6.32. The summed E-state index contributed by atoms with van der Waals surface area (Å²) in [5.74, 6) is 0. The maximum absolute atomic E-state index is 8.83. The minimum atomic E-state index is -0.444. The predicted octanol–water partition coefficient (Wildman–Crippen LogP) is 0.548. The summed E-state index contributed by atoms with van der Waals surface area (Å²) in [7, 11) is 0. The maximum atomic E-state index is 8.83. The van der Waals surface area contributed by atoms with E-state index in [2.05, 4.69) is 4.98 Å². The number of nitrogens with zero attached hydrogens (tertiary/aromatic N) is 2. The van der Waals surface area contributed by atoms with Gasteiger partial charge in [0.2, 0.25) is 0 Å². The largest absolute Gasteiger partial charge is 0.394 e. The molecule has 4 nitrogen and oxygen atoms in total. The van der Waals surface area contributed by atoms with Crippen molar-refractivity contribution in [1.82, 2.24) is 9.55 Å². The van der Waals surface area contributed by atoms with Crippen molar-refractivity contribution >= 4 is 11.6 Å².